The predicted octanol–water partition coefficient (Wildman–Crippen LogP) is 4.72. The van der Waals surface area contributed by atoms with Crippen molar-refractivity contribution >= 4 is 5.78 Å². The van der Waals surface area contributed by atoms with Crippen LogP contribution < -0.4 is 0 Å². The lowest BCUT2D eigenvalue weighted by Gasteiger charge is -1.84. The summed E-state index contributed by atoms with van der Waals surface area (Å²) in [7, 11) is 1.71. The summed E-state index contributed by atoms with van der Waals surface area (Å²) in [6.45, 7) is 14.4. The summed E-state index contributed by atoms with van der Waals surface area (Å²) in [5.74, 6) is 0.255. The van der Waals surface area contributed by atoms with E-state index >= 15 is 0 Å². The first-order chi connectivity index (χ1) is 6.68. The van der Waals surface area contributed by atoms with Gasteiger partial charge in [0.25, 0.3) is 0 Å². The first-order valence-electron chi connectivity index (χ1n) is 5.67. The molecule has 0 unspecified atom stereocenters. The lowest BCUT2D eigenvalue weighted by molar-refractivity contribution is -0.116. The Labute approximate surface area is 98.4 Å². The minimum Gasteiger partial charge on any atom is -0.385 e. The van der Waals surface area contributed by atoms with Crippen molar-refractivity contribution in [1.82, 2.24) is 0 Å². The molecule has 0 rings (SSSR count). The highest BCUT2D eigenvalue weighted by Crippen LogP contribution is 1.71. The third kappa shape index (κ3) is 140. The summed E-state index contributed by atoms with van der Waals surface area (Å²) in [5, 5.41) is 0. The van der Waals surface area contributed by atoms with Gasteiger partial charge in [-0.15, -0.1) is 0 Å². The number of carbonyl (C=O) groups excluding carboxylic acids is 1. The van der Waals surface area contributed by atoms with Crippen LogP contribution in [-0.2, 0) is 9.53 Å². The van der Waals surface area contributed by atoms with Crippen LogP contribution in [0.4, 0.5) is 0 Å². The predicted molar refractivity (Wildman–Crippen MR) is 72.6 cm³/mol. The van der Waals surface area contributed by atoms with E-state index in [1.807, 2.05) is 34.6 Å². The maximum absolute atomic E-state index is 9.81. The van der Waals surface area contributed by atoms with Gasteiger partial charge in [0.1, 0.15) is 5.78 Å². The lowest BCUT2D eigenvalue weighted by Crippen LogP contribution is -1.80. The van der Waals surface area contributed by atoms with Crippen LogP contribution in [0.1, 0.15) is 68.7 Å². The van der Waals surface area contributed by atoms with E-state index in [-0.39, 0.29) is 13.2 Å². The fraction of sp³-hybridized carbons (Fsp3) is 0.923. The Hall–Kier alpha value is -0.370. The van der Waals surface area contributed by atoms with Gasteiger partial charge in [-0.2, -0.15) is 0 Å². The van der Waals surface area contributed by atoms with Crippen molar-refractivity contribution in [2.45, 2.75) is 68.7 Å². The van der Waals surface area contributed by atoms with Gasteiger partial charge in [0.05, 0.1) is 0 Å². The van der Waals surface area contributed by atoms with Crippen molar-refractivity contribution in [1.29, 1.82) is 0 Å². The summed E-state index contributed by atoms with van der Waals surface area (Å²) in [4.78, 5) is 9.81. The number of ketones is 1. The summed E-state index contributed by atoms with van der Waals surface area (Å²) in [6, 6.07) is 0. The van der Waals surface area contributed by atoms with Crippen LogP contribution in [0.3, 0.4) is 0 Å². The van der Waals surface area contributed by atoms with Crippen molar-refractivity contribution in [2.24, 2.45) is 0 Å². The topological polar surface area (TPSA) is 26.3 Å². The summed E-state index contributed by atoms with van der Waals surface area (Å²) < 4.78 is 4.69. The van der Waals surface area contributed by atoms with Crippen LogP contribution in [0.2, 0.25) is 0 Å². The highest BCUT2D eigenvalue weighted by atomic mass is 16.5. The quantitative estimate of drug-likeness (QED) is 0.691. The molecule has 0 amide bonds. The molecule has 0 atom stereocenters. The number of ether oxygens (including phenoxy) is 1. The second-order valence-corrected chi connectivity index (χ2v) is 2.05. The van der Waals surface area contributed by atoms with Crippen LogP contribution in [0.5, 0.6) is 0 Å². The van der Waals surface area contributed by atoms with Gasteiger partial charge >= 0.3 is 0 Å². The zero-order valence-electron chi connectivity index (χ0n) is 11.4. The lowest BCUT2D eigenvalue weighted by atomic mass is 10.4. The van der Waals surface area contributed by atoms with E-state index in [4.69, 9.17) is 4.74 Å². The van der Waals surface area contributed by atoms with Gasteiger partial charge in [-0.1, -0.05) is 49.0 Å². The molecule has 2 heteroatoms. The molecule has 0 N–H and O–H groups in total. The Balaban J connectivity index is -0.0000000318. The normalized spacial score (nSPS) is 6.13. The average Bonchev–Trinajstić information content (AvgIpc) is 2.26. The van der Waals surface area contributed by atoms with Gasteiger partial charge in [0, 0.05) is 20.1 Å². The molecular weight excluding hydrogens is 188 g/mol. The van der Waals surface area contributed by atoms with Crippen molar-refractivity contribution in [2.75, 3.05) is 13.7 Å². The second kappa shape index (κ2) is 49.5. The molecule has 0 spiro atoms. The number of rotatable bonds is 3. The SMILES string of the molecule is C.CC.CC.CCC(C)=O.CCCOC. The van der Waals surface area contributed by atoms with E-state index in [1.165, 1.54) is 0 Å². The maximum Gasteiger partial charge on any atom is 0.129 e. The summed E-state index contributed by atoms with van der Waals surface area (Å²) >= 11 is 0. The highest BCUT2D eigenvalue weighted by Gasteiger charge is 1.76. The van der Waals surface area contributed by atoms with Crippen LogP contribution in [0.15, 0.2) is 0 Å². The fourth-order valence-electron chi connectivity index (χ4n) is 0.204. The van der Waals surface area contributed by atoms with E-state index in [0.717, 1.165) is 13.0 Å². The molecule has 0 aromatic heterocycles. The first-order valence-corrected chi connectivity index (χ1v) is 5.67. The van der Waals surface area contributed by atoms with Gasteiger partial charge in [-0.05, 0) is 13.3 Å². The Morgan fingerprint density at radius 1 is 1.07 bits per heavy atom. The molecule has 0 bridgehead atoms. The number of carbonyl (C=O) groups is 1. The molecule has 0 aromatic rings. The van der Waals surface area contributed by atoms with E-state index < -0.39 is 0 Å². The third-order valence-electron chi connectivity index (χ3n) is 0.906. The van der Waals surface area contributed by atoms with Crippen LogP contribution in [0.25, 0.3) is 0 Å². The van der Waals surface area contributed by atoms with Crippen LogP contribution in [0, 0.1) is 0 Å². The Morgan fingerprint density at radius 2 is 1.33 bits per heavy atom. The van der Waals surface area contributed by atoms with Gasteiger partial charge in [0.2, 0.25) is 0 Å². The summed E-state index contributed by atoms with van der Waals surface area (Å²) in [6.07, 6.45) is 1.79. The van der Waals surface area contributed by atoms with Crippen molar-refractivity contribution in [3.63, 3.8) is 0 Å². The molecule has 0 aromatic carbocycles. The molecule has 2 nitrogen and oxygen atoms in total. The molecular formula is C13H34O2. The standard InChI is InChI=1S/C4H10O.C4H8O.2C2H6.CH4/c1-3-4-5-2;1-3-4(2)5;2*1-2;/h3-4H2,1-2H3;3H2,1-2H3;2*1-2H3;1H4. The van der Waals surface area contributed by atoms with Gasteiger partial charge in [-0.3, -0.25) is 0 Å². The molecule has 0 radical (unpaired) electrons. The third-order valence-corrected chi connectivity index (χ3v) is 0.906. The van der Waals surface area contributed by atoms with Crippen molar-refractivity contribution in [3.05, 3.63) is 0 Å². The monoisotopic (exact) mass is 222 g/mol. The fourth-order valence-corrected chi connectivity index (χ4v) is 0.204. The Morgan fingerprint density at radius 3 is 1.33 bits per heavy atom. The highest BCUT2D eigenvalue weighted by molar-refractivity contribution is 5.74. The molecule has 98 valence electrons. The van der Waals surface area contributed by atoms with Gasteiger partial charge in [0.15, 0.2) is 0 Å². The first kappa shape index (κ1) is 29.3. The van der Waals surface area contributed by atoms with Gasteiger partial charge < -0.3 is 9.53 Å². The summed E-state index contributed by atoms with van der Waals surface area (Å²) in [5.41, 5.74) is 0. The molecule has 0 aliphatic rings. The van der Waals surface area contributed by atoms with E-state index in [2.05, 4.69) is 6.92 Å². The van der Waals surface area contributed by atoms with E-state index in [9.17, 15) is 4.79 Å². The zero-order chi connectivity index (χ0) is 12.4. The second-order valence-electron chi connectivity index (χ2n) is 2.05. The maximum atomic E-state index is 9.81. The molecule has 0 saturated heterocycles. The number of methoxy groups -OCH3 is 1. The smallest absolute Gasteiger partial charge is 0.129 e. The molecule has 0 aliphatic heterocycles. The average molecular weight is 222 g/mol. The molecule has 0 aliphatic carbocycles. The molecule has 15 heavy (non-hydrogen) atoms. The molecule has 0 saturated carbocycles. The van der Waals surface area contributed by atoms with Gasteiger partial charge in [-0.25, -0.2) is 0 Å². The minimum absolute atomic E-state index is 0. The number of hydrogen-bond acceptors (Lipinski definition) is 2. The zero-order valence-corrected chi connectivity index (χ0v) is 11.4. The van der Waals surface area contributed by atoms with Crippen LogP contribution >= 0.6 is 0 Å². The Bertz CT molecular complexity index is 68.9. The molecule has 0 fully saturated rings. The van der Waals surface area contributed by atoms with Crippen molar-refractivity contribution < 1.29 is 9.53 Å². The number of hydrogen-bond donors (Lipinski definition) is 0. The van der Waals surface area contributed by atoms with Crippen molar-refractivity contribution in [3.8, 4) is 0 Å². The molecule has 0 heterocycles. The largest absolute Gasteiger partial charge is 0.385 e. The Kier molecular flexibility index (Phi) is 96.6. The minimum atomic E-state index is 0. The van der Waals surface area contributed by atoms with Crippen LogP contribution in [-0.4, -0.2) is 19.5 Å². The number of Topliss-reactive ketones (excluding diaryl/α,β-unsaturated/α-hetero) is 1. The van der Waals surface area contributed by atoms with E-state index in [1.54, 1.807) is 14.0 Å². The van der Waals surface area contributed by atoms with E-state index in [0.29, 0.717) is 6.42 Å².